The zero-order valence-electron chi connectivity index (χ0n) is 12.2. The number of esters is 1. The second-order valence-electron chi connectivity index (χ2n) is 6.12. The van der Waals surface area contributed by atoms with Crippen LogP contribution in [0.4, 0.5) is 0 Å². The van der Waals surface area contributed by atoms with E-state index in [1.807, 2.05) is 6.07 Å². The summed E-state index contributed by atoms with van der Waals surface area (Å²) < 4.78 is 10.5. The number of methoxy groups -OCH3 is 1. The van der Waals surface area contributed by atoms with E-state index in [0.717, 1.165) is 17.7 Å². The highest BCUT2D eigenvalue weighted by atomic mass is 16.5. The van der Waals surface area contributed by atoms with Crippen LogP contribution in [-0.2, 0) is 14.9 Å². The molecule has 0 aromatic heterocycles. The lowest BCUT2D eigenvalue weighted by Gasteiger charge is -2.28. The molecule has 1 unspecified atom stereocenters. The molecule has 1 heterocycles. The average molecular weight is 262 g/mol. The molecule has 0 radical (unpaired) electrons. The van der Waals surface area contributed by atoms with E-state index in [9.17, 15) is 4.79 Å². The van der Waals surface area contributed by atoms with E-state index in [4.69, 9.17) is 9.47 Å². The second kappa shape index (κ2) is 5.24. The summed E-state index contributed by atoms with van der Waals surface area (Å²) in [6, 6.07) is 6.32. The fourth-order valence-electron chi connectivity index (χ4n) is 2.43. The van der Waals surface area contributed by atoms with Gasteiger partial charge in [-0.3, -0.25) is 4.79 Å². The molecule has 1 aliphatic rings. The van der Waals surface area contributed by atoms with Crippen molar-refractivity contribution in [3.8, 4) is 5.75 Å². The van der Waals surface area contributed by atoms with Crippen LogP contribution in [0.25, 0.3) is 0 Å². The molecule has 1 aromatic carbocycles. The SMILES string of the molecule is COC(=O)CC1CCOc2ccc(C(C)(C)C)cc21. The van der Waals surface area contributed by atoms with E-state index < -0.39 is 0 Å². The Morgan fingerprint density at radius 3 is 2.79 bits per heavy atom. The van der Waals surface area contributed by atoms with Gasteiger partial charge in [0, 0.05) is 5.92 Å². The minimum absolute atomic E-state index is 0.0995. The molecular formula is C16H22O3. The van der Waals surface area contributed by atoms with Gasteiger partial charge in [0.1, 0.15) is 5.75 Å². The zero-order chi connectivity index (χ0) is 14.0. The van der Waals surface area contributed by atoms with Crippen LogP contribution < -0.4 is 4.74 Å². The van der Waals surface area contributed by atoms with Gasteiger partial charge >= 0.3 is 5.97 Å². The van der Waals surface area contributed by atoms with Crippen molar-refractivity contribution in [2.45, 2.75) is 44.9 Å². The first kappa shape index (κ1) is 13.9. The predicted octanol–water partition coefficient (Wildman–Crippen LogP) is 3.41. The van der Waals surface area contributed by atoms with Crippen LogP contribution in [0.1, 0.15) is 50.7 Å². The van der Waals surface area contributed by atoms with Gasteiger partial charge in [0.25, 0.3) is 0 Å². The molecule has 0 aliphatic carbocycles. The number of rotatable bonds is 2. The van der Waals surface area contributed by atoms with Crippen LogP contribution in [0.2, 0.25) is 0 Å². The Kier molecular flexibility index (Phi) is 3.83. The maximum atomic E-state index is 11.5. The molecule has 3 nitrogen and oxygen atoms in total. The van der Waals surface area contributed by atoms with Gasteiger partial charge in [-0.1, -0.05) is 32.9 Å². The van der Waals surface area contributed by atoms with Crippen molar-refractivity contribution < 1.29 is 14.3 Å². The maximum absolute atomic E-state index is 11.5. The van der Waals surface area contributed by atoms with Crippen molar-refractivity contribution in [1.29, 1.82) is 0 Å². The third-order valence-electron chi connectivity index (χ3n) is 3.68. The van der Waals surface area contributed by atoms with Gasteiger partial charge < -0.3 is 9.47 Å². The summed E-state index contributed by atoms with van der Waals surface area (Å²) in [5.74, 6) is 0.964. The molecule has 1 aromatic rings. The van der Waals surface area contributed by atoms with E-state index in [1.165, 1.54) is 12.7 Å². The first-order chi connectivity index (χ1) is 8.91. The Morgan fingerprint density at radius 2 is 2.16 bits per heavy atom. The fraction of sp³-hybridized carbons (Fsp3) is 0.562. The van der Waals surface area contributed by atoms with Gasteiger partial charge in [0.2, 0.25) is 0 Å². The number of benzene rings is 1. The van der Waals surface area contributed by atoms with Gasteiger partial charge in [-0.25, -0.2) is 0 Å². The summed E-state index contributed by atoms with van der Waals surface area (Å²) >= 11 is 0. The lowest BCUT2D eigenvalue weighted by molar-refractivity contribution is -0.141. The summed E-state index contributed by atoms with van der Waals surface area (Å²) in [5, 5.41) is 0. The quantitative estimate of drug-likeness (QED) is 0.766. The molecule has 3 heteroatoms. The molecule has 19 heavy (non-hydrogen) atoms. The van der Waals surface area contributed by atoms with Crippen LogP contribution in [0.5, 0.6) is 5.75 Å². The molecule has 2 rings (SSSR count). The molecule has 1 aliphatic heterocycles. The van der Waals surface area contributed by atoms with Gasteiger partial charge in [-0.05, 0) is 29.0 Å². The van der Waals surface area contributed by atoms with Gasteiger partial charge in [-0.2, -0.15) is 0 Å². The van der Waals surface area contributed by atoms with Crippen molar-refractivity contribution in [1.82, 2.24) is 0 Å². The minimum atomic E-state index is -0.154. The molecule has 0 saturated carbocycles. The summed E-state index contributed by atoms with van der Waals surface area (Å²) in [7, 11) is 1.44. The minimum Gasteiger partial charge on any atom is -0.493 e. The molecule has 0 bridgehead atoms. The second-order valence-corrected chi connectivity index (χ2v) is 6.12. The Bertz CT molecular complexity index is 471. The molecule has 0 spiro atoms. The van der Waals surface area contributed by atoms with Gasteiger partial charge in [-0.15, -0.1) is 0 Å². The third kappa shape index (κ3) is 3.09. The first-order valence-electron chi connectivity index (χ1n) is 6.76. The number of carbonyl (C=O) groups excluding carboxylic acids is 1. The van der Waals surface area contributed by atoms with E-state index in [1.54, 1.807) is 0 Å². The van der Waals surface area contributed by atoms with Gasteiger partial charge in [0.15, 0.2) is 0 Å². The maximum Gasteiger partial charge on any atom is 0.306 e. The molecule has 1 atom stereocenters. The number of ether oxygens (including phenoxy) is 2. The number of hydrogen-bond acceptors (Lipinski definition) is 3. The van der Waals surface area contributed by atoms with Gasteiger partial charge in [0.05, 0.1) is 20.1 Å². The molecule has 104 valence electrons. The predicted molar refractivity (Wildman–Crippen MR) is 74.6 cm³/mol. The molecule has 0 N–H and O–H groups in total. The summed E-state index contributed by atoms with van der Waals surface area (Å²) in [5.41, 5.74) is 2.51. The van der Waals surface area contributed by atoms with Crippen LogP contribution in [0, 0.1) is 0 Å². The van der Waals surface area contributed by atoms with Crippen molar-refractivity contribution in [3.63, 3.8) is 0 Å². The highest BCUT2D eigenvalue weighted by Gasteiger charge is 2.26. The highest BCUT2D eigenvalue weighted by molar-refractivity contribution is 5.70. The number of carbonyl (C=O) groups is 1. The number of fused-ring (bicyclic) bond motifs is 1. The largest absolute Gasteiger partial charge is 0.493 e. The first-order valence-corrected chi connectivity index (χ1v) is 6.76. The summed E-state index contributed by atoms with van der Waals surface area (Å²) in [4.78, 5) is 11.5. The molecule has 0 saturated heterocycles. The highest BCUT2D eigenvalue weighted by Crippen LogP contribution is 2.38. The molecule has 0 fully saturated rings. The third-order valence-corrected chi connectivity index (χ3v) is 3.68. The zero-order valence-corrected chi connectivity index (χ0v) is 12.2. The van der Waals surface area contributed by atoms with Crippen molar-refractivity contribution in [2.75, 3.05) is 13.7 Å². The lowest BCUT2D eigenvalue weighted by atomic mass is 9.82. The Balaban J connectivity index is 2.33. The average Bonchev–Trinajstić information content (AvgIpc) is 2.37. The van der Waals surface area contributed by atoms with E-state index in [-0.39, 0.29) is 17.3 Å². The van der Waals surface area contributed by atoms with Crippen LogP contribution in [0.15, 0.2) is 18.2 Å². The van der Waals surface area contributed by atoms with Crippen LogP contribution >= 0.6 is 0 Å². The van der Waals surface area contributed by atoms with E-state index in [0.29, 0.717) is 13.0 Å². The normalized spacial score (nSPS) is 18.4. The Hall–Kier alpha value is -1.51. The monoisotopic (exact) mass is 262 g/mol. The lowest BCUT2D eigenvalue weighted by Crippen LogP contribution is -2.19. The summed E-state index contributed by atoms with van der Waals surface area (Å²) in [6.45, 7) is 7.23. The Labute approximate surface area is 114 Å². The van der Waals surface area contributed by atoms with E-state index >= 15 is 0 Å². The smallest absolute Gasteiger partial charge is 0.306 e. The van der Waals surface area contributed by atoms with Crippen LogP contribution in [0.3, 0.4) is 0 Å². The summed E-state index contributed by atoms with van der Waals surface area (Å²) in [6.07, 6.45) is 1.30. The topological polar surface area (TPSA) is 35.5 Å². The number of hydrogen-bond donors (Lipinski definition) is 0. The fourth-order valence-corrected chi connectivity index (χ4v) is 2.43. The molecule has 0 amide bonds. The van der Waals surface area contributed by atoms with Crippen molar-refractivity contribution in [3.05, 3.63) is 29.3 Å². The van der Waals surface area contributed by atoms with Crippen molar-refractivity contribution in [2.24, 2.45) is 0 Å². The Morgan fingerprint density at radius 1 is 1.42 bits per heavy atom. The van der Waals surface area contributed by atoms with Crippen molar-refractivity contribution >= 4 is 5.97 Å². The van der Waals surface area contributed by atoms with Crippen LogP contribution in [-0.4, -0.2) is 19.7 Å². The van der Waals surface area contributed by atoms with E-state index in [2.05, 4.69) is 32.9 Å². The standard InChI is InChI=1S/C16H22O3/c1-16(2,3)12-5-6-14-13(10-12)11(7-8-19-14)9-15(17)18-4/h5-6,10-11H,7-9H2,1-4H3. The molecular weight excluding hydrogens is 240 g/mol.